The summed E-state index contributed by atoms with van der Waals surface area (Å²) in [5.41, 5.74) is 13.2. The summed E-state index contributed by atoms with van der Waals surface area (Å²) in [5.74, 6) is 0.304. The second-order valence-corrected chi connectivity index (χ2v) is 10.9. The van der Waals surface area contributed by atoms with Crippen molar-refractivity contribution in [2.75, 3.05) is 19.0 Å². The monoisotopic (exact) mass is 490 g/mol. The van der Waals surface area contributed by atoms with E-state index in [9.17, 15) is 9.70 Å². The molecule has 0 spiro atoms. The van der Waals surface area contributed by atoms with E-state index in [1.54, 1.807) is 6.07 Å². The second kappa shape index (κ2) is 8.84. The first-order chi connectivity index (χ1) is 17.1. The smallest absolute Gasteiger partial charge is 0.316 e. The molecule has 6 rings (SSSR count). The number of aromatic nitrogens is 1. The van der Waals surface area contributed by atoms with Gasteiger partial charge in [-0.05, 0) is 48.4 Å². The lowest BCUT2D eigenvalue weighted by Gasteiger charge is -2.35. The van der Waals surface area contributed by atoms with Crippen LogP contribution in [-0.4, -0.2) is 39.9 Å². The van der Waals surface area contributed by atoms with Crippen molar-refractivity contribution in [3.05, 3.63) is 64.1 Å². The molecule has 2 atom stereocenters. The van der Waals surface area contributed by atoms with Gasteiger partial charge < -0.3 is 10.3 Å². The van der Waals surface area contributed by atoms with Gasteiger partial charge >= 0.3 is 5.91 Å². The van der Waals surface area contributed by atoms with Gasteiger partial charge in [-0.1, -0.05) is 49.6 Å². The quantitative estimate of drug-likeness (QED) is 0.361. The first-order valence-electron chi connectivity index (χ1n) is 12.8. The Hall–Kier alpha value is -2.54. The maximum atomic E-state index is 12.2. The lowest BCUT2D eigenvalue weighted by molar-refractivity contribution is 0.100. The van der Waals surface area contributed by atoms with Crippen LogP contribution in [0.5, 0.6) is 0 Å². The highest BCUT2D eigenvalue weighted by Crippen LogP contribution is 2.52. The van der Waals surface area contributed by atoms with Crippen LogP contribution in [0.25, 0.3) is 22.2 Å². The SMILES string of the molecule is N[C@@]12CCN(CCCl)[C@H]1c1ccccc1-c1c(C3CCCCC3)c3ccc(C(=O)N=O)cc3n1C2. The Balaban J connectivity index is 1.66. The fourth-order valence-corrected chi connectivity index (χ4v) is 7.29. The molecule has 0 bridgehead atoms. The van der Waals surface area contributed by atoms with Crippen LogP contribution in [0, 0.1) is 4.91 Å². The van der Waals surface area contributed by atoms with Gasteiger partial charge in [-0.15, -0.1) is 16.5 Å². The van der Waals surface area contributed by atoms with Gasteiger partial charge in [0, 0.05) is 52.7 Å². The minimum Gasteiger partial charge on any atom is -0.338 e. The summed E-state index contributed by atoms with van der Waals surface area (Å²) in [4.78, 5) is 25.7. The number of likely N-dealkylation sites (tertiary alicyclic amines) is 1. The number of halogens is 1. The predicted octanol–water partition coefficient (Wildman–Crippen LogP) is 5.96. The number of hydrogen-bond donors (Lipinski definition) is 1. The molecule has 6 nitrogen and oxygen atoms in total. The summed E-state index contributed by atoms with van der Waals surface area (Å²) < 4.78 is 2.35. The van der Waals surface area contributed by atoms with Crippen LogP contribution < -0.4 is 5.73 Å². The van der Waals surface area contributed by atoms with Crippen LogP contribution in [0.2, 0.25) is 0 Å². The summed E-state index contributed by atoms with van der Waals surface area (Å²) >= 11 is 6.21. The molecule has 1 saturated carbocycles. The highest BCUT2D eigenvalue weighted by Gasteiger charge is 2.49. The van der Waals surface area contributed by atoms with E-state index < -0.39 is 11.4 Å². The van der Waals surface area contributed by atoms with Gasteiger partial charge in [-0.25, -0.2) is 0 Å². The average Bonchev–Trinajstić information content (AvgIpc) is 3.34. The van der Waals surface area contributed by atoms with E-state index >= 15 is 0 Å². The minimum absolute atomic E-state index is 0.0769. The number of nitrogens with two attached hydrogens (primary N) is 1. The third-order valence-electron chi connectivity index (χ3n) is 8.56. The number of nitrogens with zero attached hydrogens (tertiary/aromatic N) is 3. The lowest BCUT2D eigenvalue weighted by atomic mass is 9.80. The molecule has 3 heterocycles. The lowest BCUT2D eigenvalue weighted by Crippen LogP contribution is -2.48. The Labute approximate surface area is 210 Å². The molecular weight excluding hydrogens is 460 g/mol. The third-order valence-corrected chi connectivity index (χ3v) is 8.72. The van der Waals surface area contributed by atoms with Crippen LogP contribution in [0.15, 0.2) is 47.6 Å². The topological polar surface area (TPSA) is 80.7 Å². The molecule has 1 aromatic heterocycles. The molecule has 35 heavy (non-hydrogen) atoms. The van der Waals surface area contributed by atoms with Gasteiger partial charge in [-0.3, -0.25) is 9.69 Å². The maximum absolute atomic E-state index is 12.2. The van der Waals surface area contributed by atoms with Gasteiger partial charge in [0.05, 0.1) is 17.3 Å². The van der Waals surface area contributed by atoms with E-state index in [1.165, 1.54) is 59.9 Å². The Kier molecular flexibility index (Phi) is 5.78. The molecule has 2 aliphatic heterocycles. The summed E-state index contributed by atoms with van der Waals surface area (Å²) in [5, 5.41) is 3.85. The van der Waals surface area contributed by atoms with Crippen LogP contribution in [0.1, 0.15) is 72.0 Å². The number of hydrogen-bond acceptors (Lipinski definition) is 4. The number of alkyl halides is 1. The molecule has 182 valence electrons. The van der Waals surface area contributed by atoms with Crippen LogP contribution in [0.4, 0.5) is 0 Å². The number of benzene rings is 2. The molecular formula is C28H31ClN4O2. The molecule has 3 aliphatic rings. The highest BCUT2D eigenvalue weighted by atomic mass is 35.5. The fourth-order valence-electron chi connectivity index (χ4n) is 7.07. The minimum atomic E-state index is -0.731. The van der Waals surface area contributed by atoms with E-state index in [4.69, 9.17) is 17.3 Å². The van der Waals surface area contributed by atoms with E-state index in [0.29, 0.717) is 23.9 Å². The number of nitroso groups, excluding NO2 is 1. The zero-order valence-electron chi connectivity index (χ0n) is 19.9. The zero-order valence-corrected chi connectivity index (χ0v) is 20.6. The Bertz CT molecular complexity index is 1310. The molecule has 7 heteroatoms. The summed E-state index contributed by atoms with van der Waals surface area (Å²) in [6.07, 6.45) is 6.95. The predicted molar refractivity (Wildman–Crippen MR) is 140 cm³/mol. The van der Waals surface area contributed by atoms with Gasteiger partial charge in [0.25, 0.3) is 0 Å². The van der Waals surface area contributed by atoms with E-state index in [-0.39, 0.29) is 6.04 Å². The highest BCUT2D eigenvalue weighted by molar-refractivity contribution is 6.18. The number of rotatable bonds is 4. The largest absolute Gasteiger partial charge is 0.338 e. The number of carbonyl (C=O) groups excluding carboxylic acids is 1. The standard InChI is InChI=1S/C28H31ClN4O2/c29-13-15-32-14-12-28(30)17-33-23-16-19(27(34)31-35)10-11-22(23)24(18-6-2-1-3-7-18)25(33)20-8-4-5-9-21(20)26(28)32/h4-5,8-11,16,18,26H,1-3,6-7,12-15,17,30H2/t26-,28+/m0/s1. The van der Waals surface area contributed by atoms with Crippen molar-refractivity contribution in [2.24, 2.45) is 10.9 Å². The van der Waals surface area contributed by atoms with Gasteiger partial charge in [0.1, 0.15) is 0 Å². The molecule has 1 amide bonds. The Morgan fingerprint density at radius 2 is 1.94 bits per heavy atom. The molecule has 0 radical (unpaired) electrons. The fraction of sp³-hybridized carbons (Fsp3) is 0.464. The van der Waals surface area contributed by atoms with Crippen molar-refractivity contribution in [2.45, 2.75) is 62.6 Å². The van der Waals surface area contributed by atoms with Crippen molar-refractivity contribution in [1.29, 1.82) is 0 Å². The molecule has 0 unspecified atom stereocenters. The van der Waals surface area contributed by atoms with Crippen LogP contribution in [-0.2, 0) is 6.54 Å². The van der Waals surface area contributed by atoms with E-state index in [0.717, 1.165) is 25.0 Å². The van der Waals surface area contributed by atoms with Crippen molar-refractivity contribution in [1.82, 2.24) is 9.47 Å². The Morgan fingerprint density at radius 3 is 2.71 bits per heavy atom. The average molecular weight is 491 g/mol. The summed E-state index contributed by atoms with van der Waals surface area (Å²) in [6, 6.07) is 14.4. The van der Waals surface area contributed by atoms with Crippen molar-refractivity contribution >= 4 is 28.4 Å². The van der Waals surface area contributed by atoms with Crippen LogP contribution >= 0.6 is 11.6 Å². The first kappa shape index (κ1) is 22.9. The Morgan fingerprint density at radius 1 is 1.14 bits per heavy atom. The molecule has 1 aliphatic carbocycles. The van der Waals surface area contributed by atoms with Crippen molar-refractivity contribution in [3.8, 4) is 11.3 Å². The first-order valence-corrected chi connectivity index (χ1v) is 13.3. The van der Waals surface area contributed by atoms with Gasteiger partial charge in [0.15, 0.2) is 0 Å². The van der Waals surface area contributed by atoms with Crippen molar-refractivity contribution in [3.63, 3.8) is 0 Å². The molecule has 1 saturated heterocycles. The number of carbonyl (C=O) groups is 1. The van der Waals surface area contributed by atoms with Gasteiger partial charge in [0.2, 0.25) is 0 Å². The second-order valence-electron chi connectivity index (χ2n) is 10.5. The van der Waals surface area contributed by atoms with Crippen LogP contribution in [0.3, 0.4) is 0 Å². The number of amides is 1. The summed E-state index contributed by atoms with van der Waals surface area (Å²) in [7, 11) is 0. The number of fused-ring (bicyclic) bond motifs is 7. The molecule has 3 aromatic rings. The molecule has 2 fully saturated rings. The normalized spacial score (nSPS) is 24.6. The van der Waals surface area contributed by atoms with Gasteiger partial charge in [-0.2, -0.15) is 0 Å². The zero-order chi connectivity index (χ0) is 24.2. The molecule has 2 aromatic carbocycles. The van der Waals surface area contributed by atoms with Crippen molar-refractivity contribution < 1.29 is 4.79 Å². The summed E-state index contributed by atoms with van der Waals surface area (Å²) in [6.45, 7) is 2.36. The van der Waals surface area contributed by atoms with E-state index in [2.05, 4.69) is 38.9 Å². The third kappa shape index (κ3) is 3.57. The maximum Gasteiger partial charge on any atom is 0.316 e. The molecule has 2 N–H and O–H groups in total. The van der Waals surface area contributed by atoms with E-state index in [1.807, 2.05) is 12.1 Å².